The van der Waals surface area contributed by atoms with Crippen LogP contribution in [0.15, 0.2) is 22.7 Å². The Morgan fingerprint density at radius 3 is 2.88 bits per heavy atom. The number of ether oxygens (including phenoxy) is 1. The summed E-state index contributed by atoms with van der Waals surface area (Å²) in [6.07, 6.45) is 0. The Morgan fingerprint density at radius 1 is 1.62 bits per heavy atom. The molecule has 6 heteroatoms. The third kappa shape index (κ3) is 3.38. The van der Waals surface area contributed by atoms with Gasteiger partial charge >= 0.3 is 5.69 Å². The number of nitrogens with zero attached hydrogens (tertiary/aromatic N) is 1. The molecule has 1 rings (SSSR count). The number of halogens is 1. The lowest BCUT2D eigenvalue weighted by Gasteiger charge is -2.11. The van der Waals surface area contributed by atoms with E-state index in [2.05, 4.69) is 28.6 Å². The summed E-state index contributed by atoms with van der Waals surface area (Å²) < 4.78 is 6.04. The second kappa shape index (κ2) is 6.10. The lowest BCUT2D eigenvalue weighted by atomic mass is 10.2. The zero-order valence-corrected chi connectivity index (χ0v) is 11.2. The summed E-state index contributed by atoms with van der Waals surface area (Å²) in [6, 6.07) is 4.75. The zero-order chi connectivity index (χ0) is 12.1. The molecule has 4 nitrogen and oxygen atoms in total. The van der Waals surface area contributed by atoms with Crippen LogP contribution in [-0.2, 0) is 0 Å². The minimum Gasteiger partial charge on any atom is -0.486 e. The van der Waals surface area contributed by atoms with E-state index in [1.54, 1.807) is 12.1 Å². The van der Waals surface area contributed by atoms with Crippen LogP contribution in [0.2, 0.25) is 0 Å². The molecule has 0 spiro atoms. The van der Waals surface area contributed by atoms with E-state index < -0.39 is 4.92 Å². The van der Waals surface area contributed by atoms with Gasteiger partial charge in [0, 0.05) is 6.07 Å². The van der Waals surface area contributed by atoms with E-state index in [0.717, 1.165) is 0 Å². The lowest BCUT2D eigenvalue weighted by Crippen LogP contribution is -2.11. The number of nitro benzene ring substituents is 1. The number of hydrogen-bond acceptors (Lipinski definition) is 4. The van der Waals surface area contributed by atoms with Gasteiger partial charge in [-0.3, -0.25) is 10.1 Å². The first-order valence-electron chi connectivity index (χ1n) is 4.72. The van der Waals surface area contributed by atoms with Crippen molar-refractivity contribution in [3.05, 3.63) is 32.8 Å². The first kappa shape index (κ1) is 13.3. The Hall–Kier alpha value is -0.750. The Bertz CT molecular complexity index is 386. The average molecular weight is 306 g/mol. The first-order valence-corrected chi connectivity index (χ1v) is 6.15. The molecule has 1 aromatic rings. The van der Waals surface area contributed by atoms with Crippen molar-refractivity contribution in [2.45, 2.75) is 6.92 Å². The summed E-state index contributed by atoms with van der Waals surface area (Å²) in [5.74, 6) is 1.20. The van der Waals surface area contributed by atoms with Gasteiger partial charge in [-0.05, 0) is 33.7 Å². The Balaban J connectivity index is 2.88. The molecule has 0 bridgehead atoms. The Morgan fingerprint density at radius 2 is 2.31 bits per heavy atom. The van der Waals surface area contributed by atoms with Crippen LogP contribution in [0.1, 0.15) is 6.92 Å². The minimum atomic E-state index is -0.453. The second-order valence-electron chi connectivity index (χ2n) is 3.44. The Labute approximate surface area is 108 Å². The fraction of sp³-hybridized carbons (Fsp3) is 0.400. The molecule has 0 aromatic heterocycles. The van der Waals surface area contributed by atoms with Crippen molar-refractivity contribution in [3.8, 4) is 5.75 Å². The predicted octanol–water partition coefficient (Wildman–Crippen LogP) is 3.30. The lowest BCUT2D eigenvalue weighted by molar-refractivity contribution is -0.386. The van der Waals surface area contributed by atoms with Crippen molar-refractivity contribution in [2.75, 3.05) is 12.4 Å². The van der Waals surface area contributed by atoms with Gasteiger partial charge in [0.15, 0.2) is 0 Å². The molecule has 16 heavy (non-hydrogen) atoms. The summed E-state index contributed by atoms with van der Waals surface area (Å²) in [5.41, 5.74) is -0.0271. The molecule has 1 unspecified atom stereocenters. The van der Waals surface area contributed by atoms with Crippen LogP contribution in [0.5, 0.6) is 5.75 Å². The molecule has 1 atom stereocenters. The highest BCUT2D eigenvalue weighted by molar-refractivity contribution is 9.10. The molecular formula is C10H12BrNO3S. The van der Waals surface area contributed by atoms with Gasteiger partial charge in [0.1, 0.15) is 0 Å². The number of para-hydroxylation sites is 1. The number of rotatable bonds is 5. The van der Waals surface area contributed by atoms with Gasteiger partial charge in [0.2, 0.25) is 5.75 Å². The quantitative estimate of drug-likeness (QED) is 0.516. The summed E-state index contributed by atoms with van der Waals surface area (Å²) in [7, 11) is 0. The molecule has 0 fully saturated rings. The highest BCUT2D eigenvalue weighted by atomic mass is 79.9. The van der Waals surface area contributed by atoms with Gasteiger partial charge in [0.25, 0.3) is 0 Å². The van der Waals surface area contributed by atoms with Gasteiger partial charge < -0.3 is 4.74 Å². The van der Waals surface area contributed by atoms with Crippen LogP contribution < -0.4 is 4.74 Å². The highest BCUT2D eigenvalue weighted by Gasteiger charge is 2.18. The number of nitro groups is 1. The maximum Gasteiger partial charge on any atom is 0.312 e. The third-order valence-electron chi connectivity index (χ3n) is 1.97. The van der Waals surface area contributed by atoms with Crippen molar-refractivity contribution in [3.63, 3.8) is 0 Å². The van der Waals surface area contributed by atoms with Crippen molar-refractivity contribution < 1.29 is 9.66 Å². The molecule has 0 heterocycles. The van der Waals surface area contributed by atoms with E-state index in [1.807, 2.05) is 6.92 Å². The van der Waals surface area contributed by atoms with Gasteiger partial charge in [-0.15, -0.1) is 0 Å². The van der Waals surface area contributed by atoms with Crippen molar-refractivity contribution in [1.29, 1.82) is 0 Å². The number of thiol groups is 1. The molecule has 0 aliphatic rings. The van der Waals surface area contributed by atoms with Crippen LogP contribution in [0.4, 0.5) is 5.69 Å². The third-order valence-corrected chi connectivity index (χ3v) is 3.21. The number of benzene rings is 1. The summed E-state index contributed by atoms with van der Waals surface area (Å²) >= 11 is 7.37. The fourth-order valence-corrected chi connectivity index (χ4v) is 1.64. The molecule has 0 saturated heterocycles. The first-order chi connectivity index (χ1) is 7.56. The van der Waals surface area contributed by atoms with Crippen molar-refractivity contribution in [2.24, 2.45) is 5.92 Å². The van der Waals surface area contributed by atoms with E-state index in [-0.39, 0.29) is 17.4 Å². The SMILES string of the molecule is CC(CS)COc1c(Br)cccc1[N+](=O)[O-]. The van der Waals surface area contributed by atoms with E-state index >= 15 is 0 Å². The van der Waals surface area contributed by atoms with Gasteiger partial charge in [-0.1, -0.05) is 13.0 Å². The molecular weight excluding hydrogens is 294 g/mol. The maximum atomic E-state index is 10.8. The molecule has 0 N–H and O–H groups in total. The van der Waals surface area contributed by atoms with Gasteiger partial charge in [-0.2, -0.15) is 12.6 Å². The largest absolute Gasteiger partial charge is 0.486 e. The van der Waals surface area contributed by atoms with Crippen LogP contribution >= 0.6 is 28.6 Å². The highest BCUT2D eigenvalue weighted by Crippen LogP contribution is 2.34. The molecule has 0 amide bonds. The minimum absolute atomic E-state index is 0.0271. The molecule has 1 aromatic carbocycles. The fourth-order valence-electron chi connectivity index (χ4n) is 1.06. The summed E-state index contributed by atoms with van der Waals surface area (Å²) in [4.78, 5) is 10.3. The molecule has 88 valence electrons. The van der Waals surface area contributed by atoms with E-state index in [1.165, 1.54) is 6.07 Å². The number of hydrogen-bond donors (Lipinski definition) is 1. The van der Waals surface area contributed by atoms with E-state index in [4.69, 9.17) is 4.74 Å². The smallest absolute Gasteiger partial charge is 0.312 e. The second-order valence-corrected chi connectivity index (χ2v) is 4.66. The molecule has 0 aliphatic carbocycles. The van der Waals surface area contributed by atoms with Crippen molar-refractivity contribution >= 4 is 34.2 Å². The van der Waals surface area contributed by atoms with Crippen LogP contribution in [-0.4, -0.2) is 17.3 Å². The average Bonchev–Trinajstić information content (AvgIpc) is 2.26. The van der Waals surface area contributed by atoms with E-state index in [0.29, 0.717) is 16.8 Å². The van der Waals surface area contributed by atoms with E-state index in [9.17, 15) is 10.1 Å². The van der Waals surface area contributed by atoms with Crippen LogP contribution in [0.25, 0.3) is 0 Å². The summed E-state index contributed by atoms with van der Waals surface area (Å²) in [5, 5.41) is 10.8. The topological polar surface area (TPSA) is 52.4 Å². The Kier molecular flexibility index (Phi) is 5.08. The van der Waals surface area contributed by atoms with Gasteiger partial charge in [0.05, 0.1) is 16.0 Å². The monoisotopic (exact) mass is 305 g/mol. The van der Waals surface area contributed by atoms with Gasteiger partial charge in [-0.25, -0.2) is 0 Å². The molecule has 0 saturated carbocycles. The predicted molar refractivity (Wildman–Crippen MR) is 69.3 cm³/mol. The zero-order valence-electron chi connectivity index (χ0n) is 8.72. The van der Waals surface area contributed by atoms with Crippen LogP contribution in [0, 0.1) is 16.0 Å². The normalized spacial score (nSPS) is 12.2. The molecule has 0 radical (unpaired) electrons. The standard InChI is InChI=1S/C10H12BrNO3S/c1-7(6-16)5-15-10-8(11)3-2-4-9(10)12(13)14/h2-4,7,16H,5-6H2,1H3. The maximum absolute atomic E-state index is 10.8. The van der Waals surface area contributed by atoms with Crippen LogP contribution in [0.3, 0.4) is 0 Å². The molecule has 0 aliphatic heterocycles. The van der Waals surface area contributed by atoms with Crippen molar-refractivity contribution in [1.82, 2.24) is 0 Å². The summed E-state index contributed by atoms with van der Waals surface area (Å²) in [6.45, 7) is 2.38.